The molecule has 0 saturated heterocycles. The Bertz CT molecular complexity index is 2010. The number of benzene rings is 3. The van der Waals surface area contributed by atoms with Gasteiger partial charge in [0.1, 0.15) is 34.2 Å². The van der Waals surface area contributed by atoms with Gasteiger partial charge in [-0.1, -0.05) is 66.7 Å². The van der Waals surface area contributed by atoms with Crippen molar-refractivity contribution in [2.75, 3.05) is 4.90 Å². The summed E-state index contributed by atoms with van der Waals surface area (Å²) in [6.45, 7) is 0. The summed E-state index contributed by atoms with van der Waals surface area (Å²) in [4.78, 5) is 12.6. The Hall–Kier alpha value is -4.73. The summed E-state index contributed by atoms with van der Waals surface area (Å²) in [5.41, 5.74) is 12.3. The van der Waals surface area contributed by atoms with Crippen LogP contribution in [0.1, 0.15) is 36.2 Å². The molecule has 1 N–H and O–H groups in total. The fourth-order valence-corrected chi connectivity index (χ4v) is 6.94. The number of nitrogens with zero attached hydrogens (tertiary/aromatic N) is 6. The summed E-state index contributed by atoms with van der Waals surface area (Å²) < 4.78 is 12.9. The molecule has 0 atom stereocenters. The van der Waals surface area contributed by atoms with E-state index in [1.54, 1.807) is 0 Å². The first-order valence-electron chi connectivity index (χ1n) is 14.2. The van der Waals surface area contributed by atoms with Crippen molar-refractivity contribution in [1.82, 2.24) is 18.7 Å². The molecule has 2 aliphatic carbocycles. The van der Waals surface area contributed by atoms with Crippen molar-refractivity contribution in [3.63, 3.8) is 0 Å². The molecule has 43 heavy (non-hydrogen) atoms. The van der Waals surface area contributed by atoms with Crippen molar-refractivity contribution >= 4 is 47.3 Å². The second-order valence-electron chi connectivity index (χ2n) is 10.7. The SMILES string of the molecule is N=C1C(=NS)c2nc(-c3ccc(N4C5=C(CCC=C5)CCc5ccccc54)cc3)c(-c3ccccc3)nc2-c2nsnc21. The Labute approximate surface area is 258 Å². The standard InChI is InChI=1S/C34H25N7S2/c35-27-30(38-42)32-33(34-31(27)39-43-40-34)37-28(22-10-2-1-3-11-22)29(36-32)23-16-18-24(19-17-23)41-25-12-6-4-8-20(25)14-15-21-9-5-7-13-26(21)41/h1-4,6-8,10-13,16-19,35,42H,5,9,14-15H2. The van der Waals surface area contributed by atoms with Gasteiger partial charge in [0.25, 0.3) is 0 Å². The van der Waals surface area contributed by atoms with E-state index in [2.05, 4.69) is 91.5 Å². The molecule has 7 nitrogen and oxygen atoms in total. The fraction of sp³-hybridized carbons (Fsp3) is 0.118. The number of anilines is 2. The lowest BCUT2D eigenvalue weighted by Crippen LogP contribution is -2.25. The van der Waals surface area contributed by atoms with Crippen molar-refractivity contribution in [3.05, 3.63) is 119 Å². The number of aromatic nitrogens is 4. The van der Waals surface area contributed by atoms with Crippen molar-refractivity contribution in [2.24, 2.45) is 4.40 Å². The molecule has 5 aromatic rings. The molecule has 0 spiro atoms. The van der Waals surface area contributed by atoms with Gasteiger partial charge in [0.2, 0.25) is 0 Å². The number of hydrogen-bond donors (Lipinski definition) is 2. The Balaban J connectivity index is 1.30. The van der Waals surface area contributed by atoms with E-state index in [0.29, 0.717) is 34.2 Å². The molecule has 2 aromatic heterocycles. The zero-order valence-electron chi connectivity index (χ0n) is 23.0. The zero-order chi connectivity index (χ0) is 28.9. The van der Waals surface area contributed by atoms with Gasteiger partial charge in [-0.25, -0.2) is 14.4 Å². The Morgan fingerprint density at radius 3 is 2.26 bits per heavy atom. The molecule has 9 heteroatoms. The van der Waals surface area contributed by atoms with Crippen LogP contribution in [0.4, 0.5) is 11.4 Å². The number of thiol groups is 1. The number of fused-ring (bicyclic) bond motifs is 4. The van der Waals surface area contributed by atoms with Crippen molar-refractivity contribution in [1.29, 1.82) is 5.41 Å². The lowest BCUT2D eigenvalue weighted by molar-refractivity contribution is 0.833. The molecule has 208 valence electrons. The van der Waals surface area contributed by atoms with Gasteiger partial charge in [-0.3, -0.25) is 5.41 Å². The van der Waals surface area contributed by atoms with Crippen molar-refractivity contribution in [2.45, 2.75) is 25.7 Å². The monoisotopic (exact) mass is 595 g/mol. The predicted molar refractivity (Wildman–Crippen MR) is 176 cm³/mol. The van der Waals surface area contributed by atoms with Crippen molar-refractivity contribution < 1.29 is 0 Å². The van der Waals surface area contributed by atoms with Crippen molar-refractivity contribution in [3.8, 4) is 33.9 Å². The summed E-state index contributed by atoms with van der Waals surface area (Å²) in [5, 5.41) is 8.70. The van der Waals surface area contributed by atoms with Gasteiger partial charge in [0.05, 0.1) is 23.1 Å². The highest BCUT2D eigenvalue weighted by Crippen LogP contribution is 2.42. The molecule has 0 radical (unpaired) electrons. The van der Waals surface area contributed by atoms with E-state index in [0.717, 1.165) is 59.9 Å². The zero-order valence-corrected chi connectivity index (χ0v) is 24.7. The quantitative estimate of drug-likeness (QED) is 0.206. The van der Waals surface area contributed by atoms with Gasteiger partial charge in [-0.05, 0) is 73.9 Å². The first-order valence-corrected chi connectivity index (χ1v) is 15.3. The molecule has 0 bridgehead atoms. The second-order valence-corrected chi connectivity index (χ2v) is 11.4. The largest absolute Gasteiger partial charge is 0.310 e. The van der Waals surface area contributed by atoms with Crippen LogP contribution in [0.5, 0.6) is 0 Å². The molecule has 3 aromatic carbocycles. The maximum atomic E-state index is 8.70. The van der Waals surface area contributed by atoms with E-state index >= 15 is 0 Å². The second kappa shape index (κ2) is 10.5. The van der Waals surface area contributed by atoms with Gasteiger partial charge in [0, 0.05) is 28.2 Å². The van der Waals surface area contributed by atoms with Crippen LogP contribution < -0.4 is 4.90 Å². The third kappa shape index (κ3) is 4.26. The van der Waals surface area contributed by atoms with Crippen LogP contribution in [-0.2, 0) is 6.42 Å². The van der Waals surface area contributed by atoms with Crippen LogP contribution >= 0.6 is 24.5 Å². The van der Waals surface area contributed by atoms with Gasteiger partial charge in [0.15, 0.2) is 0 Å². The number of hydrogen-bond acceptors (Lipinski definition) is 9. The van der Waals surface area contributed by atoms with E-state index in [4.69, 9.17) is 15.4 Å². The van der Waals surface area contributed by atoms with Crippen LogP contribution in [-0.4, -0.2) is 30.1 Å². The molecule has 0 unspecified atom stereocenters. The summed E-state index contributed by atoms with van der Waals surface area (Å²) in [5.74, 6) is 0. The summed E-state index contributed by atoms with van der Waals surface area (Å²) >= 11 is 5.25. The average molecular weight is 596 g/mol. The summed E-state index contributed by atoms with van der Waals surface area (Å²) in [7, 11) is 0. The fourth-order valence-electron chi connectivity index (χ4n) is 6.19. The first kappa shape index (κ1) is 25.9. The Morgan fingerprint density at radius 2 is 1.44 bits per heavy atom. The van der Waals surface area contributed by atoms with Crippen LogP contribution in [0, 0.1) is 5.41 Å². The molecule has 0 saturated carbocycles. The number of aryl methyl sites for hydroxylation is 1. The molecule has 0 fully saturated rings. The maximum Gasteiger partial charge on any atom is 0.135 e. The van der Waals surface area contributed by atoms with Gasteiger partial charge >= 0.3 is 0 Å². The minimum atomic E-state index is 0.152. The normalized spacial score (nSPS) is 16.4. The molecular formula is C34H25N7S2. The molecule has 3 aliphatic rings. The number of para-hydroxylation sites is 1. The molecule has 3 heterocycles. The molecule has 8 rings (SSSR count). The highest BCUT2D eigenvalue weighted by molar-refractivity contribution is 7.79. The minimum absolute atomic E-state index is 0.152. The summed E-state index contributed by atoms with van der Waals surface area (Å²) in [6.07, 6.45) is 8.88. The van der Waals surface area contributed by atoms with E-state index in [-0.39, 0.29) is 5.71 Å². The van der Waals surface area contributed by atoms with E-state index in [9.17, 15) is 0 Å². The predicted octanol–water partition coefficient (Wildman–Crippen LogP) is 8.03. The lowest BCUT2D eigenvalue weighted by atomic mass is 9.95. The minimum Gasteiger partial charge on any atom is -0.310 e. The summed E-state index contributed by atoms with van der Waals surface area (Å²) in [6, 6.07) is 27.3. The number of allylic oxidation sites excluding steroid dienone is 3. The number of nitrogens with one attached hydrogen (secondary N) is 1. The van der Waals surface area contributed by atoms with Crippen LogP contribution in [0.3, 0.4) is 0 Å². The molecule has 1 aliphatic heterocycles. The third-order valence-electron chi connectivity index (χ3n) is 8.27. The van der Waals surface area contributed by atoms with E-state index < -0.39 is 0 Å². The third-order valence-corrected chi connectivity index (χ3v) is 9.00. The van der Waals surface area contributed by atoms with Gasteiger partial charge < -0.3 is 4.90 Å². The van der Waals surface area contributed by atoms with Gasteiger partial charge in [-0.15, -0.1) is 0 Å². The molecule has 0 amide bonds. The van der Waals surface area contributed by atoms with Crippen LogP contribution in [0.2, 0.25) is 0 Å². The van der Waals surface area contributed by atoms with E-state index in [1.807, 2.05) is 30.3 Å². The first-order chi connectivity index (χ1) is 21.2. The maximum absolute atomic E-state index is 8.70. The smallest absolute Gasteiger partial charge is 0.135 e. The van der Waals surface area contributed by atoms with E-state index in [1.165, 1.54) is 22.5 Å². The highest BCUT2D eigenvalue weighted by Gasteiger charge is 2.34. The Morgan fingerprint density at radius 1 is 0.721 bits per heavy atom. The molecular weight excluding hydrogens is 571 g/mol. The topological polar surface area (TPSA) is 91.0 Å². The van der Waals surface area contributed by atoms with Crippen LogP contribution in [0.25, 0.3) is 33.9 Å². The average Bonchev–Trinajstić information content (AvgIpc) is 3.50. The number of rotatable bonds is 3. The highest BCUT2D eigenvalue weighted by atomic mass is 32.1. The van der Waals surface area contributed by atoms with Gasteiger partial charge in [-0.2, -0.15) is 8.75 Å². The van der Waals surface area contributed by atoms with Crippen LogP contribution in [0.15, 0.2) is 107 Å². The Kier molecular flexibility index (Phi) is 6.35. The lowest BCUT2D eigenvalue weighted by Gasteiger charge is -2.29.